The van der Waals surface area contributed by atoms with E-state index in [9.17, 15) is 13.6 Å². The van der Waals surface area contributed by atoms with Crippen molar-refractivity contribution in [2.45, 2.75) is 38.6 Å². The fraction of sp³-hybridized carbons (Fsp3) is 0.429. The molecule has 8 heteroatoms. The summed E-state index contributed by atoms with van der Waals surface area (Å²) in [4.78, 5) is 18.0. The second-order valence-electron chi connectivity index (χ2n) is 6.95. The highest BCUT2D eigenvalue weighted by Crippen LogP contribution is 2.46. The molecule has 2 heterocycles. The number of alkyl halides is 2. The Bertz CT molecular complexity index is 827. The lowest BCUT2D eigenvalue weighted by Gasteiger charge is -2.29. The van der Waals surface area contributed by atoms with Crippen LogP contribution in [0.1, 0.15) is 30.6 Å². The van der Waals surface area contributed by atoms with Crippen LogP contribution in [0, 0.1) is 5.92 Å². The lowest BCUT2D eigenvalue weighted by Crippen LogP contribution is -2.35. The van der Waals surface area contributed by atoms with E-state index < -0.39 is 6.61 Å². The van der Waals surface area contributed by atoms with Gasteiger partial charge >= 0.3 is 6.61 Å². The van der Waals surface area contributed by atoms with Crippen LogP contribution < -0.4 is 14.2 Å². The van der Waals surface area contributed by atoms with Crippen LogP contribution in [-0.4, -0.2) is 43.0 Å². The third-order valence-corrected chi connectivity index (χ3v) is 5.24. The number of aromatic nitrogens is 1. The molecule has 0 N–H and O–H groups in total. The van der Waals surface area contributed by atoms with E-state index in [0.717, 1.165) is 11.8 Å². The van der Waals surface area contributed by atoms with Gasteiger partial charge in [-0.2, -0.15) is 8.78 Å². The predicted molar refractivity (Wildman–Crippen MR) is 102 cm³/mol. The van der Waals surface area contributed by atoms with Crippen LogP contribution in [0.2, 0.25) is 0 Å². The van der Waals surface area contributed by atoms with E-state index >= 15 is 0 Å². The molecule has 1 aliphatic rings. The van der Waals surface area contributed by atoms with Gasteiger partial charge < -0.3 is 19.0 Å². The summed E-state index contributed by atoms with van der Waals surface area (Å²) in [5.41, 5.74) is 1.39. The highest BCUT2D eigenvalue weighted by atomic mass is 19.3. The zero-order valence-corrected chi connectivity index (χ0v) is 16.5. The van der Waals surface area contributed by atoms with Crippen LogP contribution in [0.15, 0.2) is 36.4 Å². The van der Waals surface area contributed by atoms with Gasteiger partial charge in [-0.1, -0.05) is 19.1 Å². The topological polar surface area (TPSA) is 60.9 Å². The summed E-state index contributed by atoms with van der Waals surface area (Å²) in [5, 5.41) is 0. The van der Waals surface area contributed by atoms with E-state index in [0.29, 0.717) is 30.2 Å². The van der Waals surface area contributed by atoms with Crippen molar-refractivity contribution in [1.82, 2.24) is 9.88 Å². The van der Waals surface area contributed by atoms with Crippen LogP contribution in [0.25, 0.3) is 0 Å². The summed E-state index contributed by atoms with van der Waals surface area (Å²) in [6, 6.07) is 9.74. The van der Waals surface area contributed by atoms with Crippen molar-refractivity contribution in [3.05, 3.63) is 47.7 Å². The molecule has 1 saturated heterocycles. The molecule has 0 bridgehead atoms. The molecule has 29 heavy (non-hydrogen) atoms. The molecular formula is C21H24F2N2O4. The van der Waals surface area contributed by atoms with E-state index in [1.165, 1.54) is 6.07 Å². The molecule has 0 saturated carbocycles. The molecule has 0 radical (unpaired) electrons. The molecule has 1 aromatic heterocycles. The fourth-order valence-electron chi connectivity index (χ4n) is 3.97. The summed E-state index contributed by atoms with van der Waals surface area (Å²) in [6.45, 7) is -0.643. The zero-order chi connectivity index (χ0) is 21.0. The lowest BCUT2D eigenvalue weighted by atomic mass is 9.97. The van der Waals surface area contributed by atoms with Crippen molar-refractivity contribution in [2.24, 2.45) is 5.92 Å². The fourth-order valence-corrected chi connectivity index (χ4v) is 3.97. The van der Waals surface area contributed by atoms with Crippen molar-refractivity contribution in [2.75, 3.05) is 14.2 Å². The molecule has 3 rings (SSSR count). The van der Waals surface area contributed by atoms with Crippen LogP contribution in [-0.2, 0) is 11.3 Å². The van der Waals surface area contributed by atoms with Gasteiger partial charge in [0.25, 0.3) is 0 Å². The summed E-state index contributed by atoms with van der Waals surface area (Å²) in [5.74, 6) is 1.27. The summed E-state index contributed by atoms with van der Waals surface area (Å²) in [6.07, 6.45) is 1.64. The number of hydrogen-bond acceptors (Lipinski definition) is 6. The van der Waals surface area contributed by atoms with E-state index in [4.69, 9.17) is 9.47 Å². The first-order chi connectivity index (χ1) is 14.0. The molecule has 0 spiro atoms. The van der Waals surface area contributed by atoms with Crippen LogP contribution in [0.5, 0.6) is 17.4 Å². The maximum absolute atomic E-state index is 12.5. The number of rotatable bonds is 8. The van der Waals surface area contributed by atoms with Gasteiger partial charge in [-0.25, -0.2) is 4.98 Å². The van der Waals surface area contributed by atoms with Gasteiger partial charge in [-0.05, 0) is 30.5 Å². The average Bonchev–Trinajstić information content (AvgIpc) is 3.01. The number of benzene rings is 1. The first kappa shape index (κ1) is 21.0. The first-order valence-corrected chi connectivity index (χ1v) is 9.31. The Morgan fingerprint density at radius 2 is 1.83 bits per heavy atom. The maximum atomic E-state index is 12.5. The lowest BCUT2D eigenvalue weighted by molar-refractivity contribution is -0.113. The van der Waals surface area contributed by atoms with Gasteiger partial charge in [-0.15, -0.1) is 0 Å². The van der Waals surface area contributed by atoms with E-state index in [1.54, 1.807) is 26.4 Å². The number of nitrogens with zero attached hydrogens (tertiary/aromatic N) is 2. The molecule has 0 amide bonds. The number of carbonyl (C=O) groups is 1. The van der Waals surface area contributed by atoms with Gasteiger partial charge in [0.05, 0.1) is 31.5 Å². The van der Waals surface area contributed by atoms with Crippen LogP contribution in [0.3, 0.4) is 0 Å². The minimum Gasteiger partial charge on any atom is -0.496 e. The van der Waals surface area contributed by atoms with Gasteiger partial charge in [0.1, 0.15) is 17.8 Å². The first-order valence-electron chi connectivity index (χ1n) is 9.31. The molecule has 6 nitrogen and oxygen atoms in total. The molecule has 156 valence electrons. The number of pyridine rings is 1. The predicted octanol–water partition coefficient (Wildman–Crippen LogP) is 3.85. The number of hydrogen-bond donors (Lipinski definition) is 0. The number of carbonyl (C=O) groups excluding carboxylic acids is 1. The Labute approximate surface area is 168 Å². The quantitative estimate of drug-likeness (QED) is 0.621. The minimum absolute atomic E-state index is 0.0904. The number of methoxy groups -OCH3 is 2. The van der Waals surface area contributed by atoms with Crippen molar-refractivity contribution >= 4 is 6.29 Å². The standard InChI is InChI=1S/C21H24F2N2O4/c1-13-10-15(20-17(27-2)7-5-8-18(20)28-3)25(16(13)12-26)11-14-6-4-9-19(24-14)29-21(22)23/h4-9,12-13,15-16,21H,10-11H2,1-3H3. The Morgan fingerprint density at radius 1 is 1.17 bits per heavy atom. The monoisotopic (exact) mass is 406 g/mol. The van der Waals surface area contributed by atoms with Gasteiger partial charge in [0.15, 0.2) is 0 Å². The van der Waals surface area contributed by atoms with Gasteiger partial charge in [-0.3, -0.25) is 4.90 Å². The van der Waals surface area contributed by atoms with Gasteiger partial charge in [0, 0.05) is 18.7 Å². The molecule has 1 aromatic carbocycles. The van der Waals surface area contributed by atoms with Crippen LogP contribution in [0.4, 0.5) is 8.78 Å². The zero-order valence-electron chi connectivity index (χ0n) is 16.5. The number of halogens is 2. The van der Waals surface area contributed by atoms with Crippen molar-refractivity contribution in [3.8, 4) is 17.4 Å². The largest absolute Gasteiger partial charge is 0.496 e. The van der Waals surface area contributed by atoms with E-state index in [2.05, 4.69) is 9.72 Å². The summed E-state index contributed by atoms with van der Waals surface area (Å²) >= 11 is 0. The summed E-state index contributed by atoms with van der Waals surface area (Å²) in [7, 11) is 3.18. The third kappa shape index (κ3) is 4.48. The average molecular weight is 406 g/mol. The highest BCUT2D eigenvalue weighted by Gasteiger charge is 2.42. The smallest absolute Gasteiger partial charge is 0.388 e. The molecule has 1 fully saturated rings. The Kier molecular flexibility index (Phi) is 6.64. The summed E-state index contributed by atoms with van der Waals surface area (Å²) < 4.78 is 40.6. The Balaban J connectivity index is 1.98. The molecule has 3 atom stereocenters. The molecule has 2 aromatic rings. The minimum atomic E-state index is -2.95. The number of likely N-dealkylation sites (tertiary alicyclic amines) is 1. The second kappa shape index (κ2) is 9.17. The van der Waals surface area contributed by atoms with E-state index in [1.807, 2.05) is 30.0 Å². The molecule has 1 aliphatic heterocycles. The van der Waals surface area contributed by atoms with Crippen molar-refractivity contribution < 1.29 is 27.8 Å². The SMILES string of the molecule is COc1cccc(OC)c1C1CC(C)C(C=O)N1Cc1cccc(OC(F)F)n1. The second-order valence-corrected chi connectivity index (χ2v) is 6.95. The van der Waals surface area contributed by atoms with E-state index in [-0.39, 0.29) is 23.9 Å². The van der Waals surface area contributed by atoms with Crippen LogP contribution >= 0.6 is 0 Å². The number of ether oxygens (including phenoxy) is 3. The van der Waals surface area contributed by atoms with Crippen molar-refractivity contribution in [1.29, 1.82) is 0 Å². The molecule has 0 aliphatic carbocycles. The normalized spacial score (nSPS) is 21.9. The molecular weight excluding hydrogens is 382 g/mol. The van der Waals surface area contributed by atoms with Gasteiger partial charge in [0.2, 0.25) is 5.88 Å². The molecule has 3 unspecified atom stereocenters. The maximum Gasteiger partial charge on any atom is 0.388 e. The van der Waals surface area contributed by atoms with Crippen molar-refractivity contribution in [3.63, 3.8) is 0 Å². The number of aldehydes is 1. The highest BCUT2D eigenvalue weighted by molar-refractivity contribution is 5.60. The third-order valence-electron chi connectivity index (χ3n) is 5.24. The Hall–Kier alpha value is -2.74. The Morgan fingerprint density at radius 3 is 2.41 bits per heavy atom.